The Kier molecular flexibility index (Phi) is 5.80. The first-order chi connectivity index (χ1) is 11.7. The number of carbonyl (C=O) groups excluding carboxylic acids is 1. The van der Waals surface area contributed by atoms with E-state index in [4.69, 9.17) is 11.6 Å². The van der Waals surface area contributed by atoms with Crippen molar-refractivity contribution in [2.75, 3.05) is 39.3 Å². The Labute approximate surface area is 147 Å². The van der Waals surface area contributed by atoms with Crippen LogP contribution in [0.2, 0.25) is 5.02 Å². The standard InChI is InChI=1S/C18H21ClN4O/c19-16-2-1-7-21-17(16)14-3-5-15(6-4-14)18(24)22-10-13-23-11-8-20-9-12-23/h1-7,20H,8-13H2,(H,22,24). The van der Waals surface area contributed by atoms with Gasteiger partial charge in [0.15, 0.2) is 0 Å². The van der Waals surface area contributed by atoms with Crippen molar-refractivity contribution >= 4 is 17.5 Å². The van der Waals surface area contributed by atoms with Crippen LogP contribution in [0.4, 0.5) is 0 Å². The van der Waals surface area contributed by atoms with Crippen LogP contribution >= 0.6 is 11.6 Å². The van der Waals surface area contributed by atoms with Gasteiger partial charge in [-0.1, -0.05) is 23.7 Å². The highest BCUT2D eigenvalue weighted by molar-refractivity contribution is 6.33. The van der Waals surface area contributed by atoms with Crippen molar-refractivity contribution < 1.29 is 4.79 Å². The van der Waals surface area contributed by atoms with Gasteiger partial charge in [0.2, 0.25) is 0 Å². The van der Waals surface area contributed by atoms with E-state index in [1.54, 1.807) is 30.5 Å². The second kappa shape index (κ2) is 8.24. The average molecular weight is 345 g/mol. The molecular weight excluding hydrogens is 324 g/mol. The number of hydrogen-bond donors (Lipinski definition) is 2. The van der Waals surface area contributed by atoms with Crippen LogP contribution in [0.15, 0.2) is 42.6 Å². The summed E-state index contributed by atoms with van der Waals surface area (Å²) in [5.74, 6) is -0.0520. The van der Waals surface area contributed by atoms with Crippen molar-refractivity contribution in [1.82, 2.24) is 20.5 Å². The van der Waals surface area contributed by atoms with E-state index in [-0.39, 0.29) is 5.91 Å². The van der Waals surface area contributed by atoms with Gasteiger partial charge in [-0.05, 0) is 24.3 Å². The minimum absolute atomic E-state index is 0.0520. The van der Waals surface area contributed by atoms with Crippen LogP contribution in [0.5, 0.6) is 0 Å². The lowest BCUT2D eigenvalue weighted by Gasteiger charge is -2.27. The molecule has 0 radical (unpaired) electrons. The second-order valence-corrected chi connectivity index (χ2v) is 6.17. The number of halogens is 1. The smallest absolute Gasteiger partial charge is 0.251 e. The minimum atomic E-state index is -0.0520. The van der Waals surface area contributed by atoms with Crippen LogP contribution in [-0.4, -0.2) is 55.1 Å². The van der Waals surface area contributed by atoms with Gasteiger partial charge in [-0.2, -0.15) is 0 Å². The van der Waals surface area contributed by atoms with Crippen LogP contribution in [-0.2, 0) is 0 Å². The predicted octanol–water partition coefficient (Wildman–Crippen LogP) is 2.04. The molecule has 2 aromatic rings. The van der Waals surface area contributed by atoms with Crippen LogP contribution in [0, 0.1) is 0 Å². The largest absolute Gasteiger partial charge is 0.351 e. The maximum absolute atomic E-state index is 12.2. The summed E-state index contributed by atoms with van der Waals surface area (Å²) < 4.78 is 0. The molecular formula is C18H21ClN4O. The number of hydrogen-bond acceptors (Lipinski definition) is 4. The summed E-state index contributed by atoms with van der Waals surface area (Å²) in [7, 11) is 0. The van der Waals surface area contributed by atoms with Crippen molar-refractivity contribution in [2.45, 2.75) is 0 Å². The highest BCUT2D eigenvalue weighted by atomic mass is 35.5. The summed E-state index contributed by atoms with van der Waals surface area (Å²) in [6.45, 7) is 5.66. The van der Waals surface area contributed by atoms with Gasteiger partial charge in [0.25, 0.3) is 5.91 Å². The summed E-state index contributed by atoms with van der Waals surface area (Å²) in [5, 5.41) is 6.90. The molecule has 3 rings (SSSR count). The Morgan fingerprint density at radius 1 is 1.21 bits per heavy atom. The Morgan fingerprint density at radius 3 is 2.67 bits per heavy atom. The van der Waals surface area contributed by atoms with Gasteiger partial charge < -0.3 is 10.6 Å². The Hall–Kier alpha value is -1.95. The number of benzene rings is 1. The van der Waals surface area contributed by atoms with Crippen LogP contribution in [0.3, 0.4) is 0 Å². The third-order valence-electron chi connectivity index (χ3n) is 4.10. The first-order valence-corrected chi connectivity index (χ1v) is 8.54. The Balaban J connectivity index is 1.55. The third kappa shape index (κ3) is 4.32. The normalized spacial score (nSPS) is 15.2. The van der Waals surface area contributed by atoms with E-state index in [1.165, 1.54) is 0 Å². The van der Waals surface area contributed by atoms with E-state index >= 15 is 0 Å². The molecule has 6 heteroatoms. The molecule has 0 atom stereocenters. The second-order valence-electron chi connectivity index (χ2n) is 5.76. The number of nitrogens with one attached hydrogen (secondary N) is 2. The number of pyridine rings is 1. The number of carbonyl (C=O) groups is 1. The molecule has 0 spiro atoms. The molecule has 1 aromatic heterocycles. The summed E-state index contributed by atoms with van der Waals surface area (Å²) in [4.78, 5) is 18.8. The zero-order valence-electron chi connectivity index (χ0n) is 13.5. The summed E-state index contributed by atoms with van der Waals surface area (Å²) in [5.41, 5.74) is 2.27. The molecule has 0 unspecified atom stereocenters. The van der Waals surface area contributed by atoms with E-state index in [1.807, 2.05) is 12.1 Å². The molecule has 1 amide bonds. The minimum Gasteiger partial charge on any atom is -0.351 e. The van der Waals surface area contributed by atoms with Gasteiger partial charge in [-0.25, -0.2) is 0 Å². The van der Waals surface area contributed by atoms with Gasteiger partial charge in [0.05, 0.1) is 10.7 Å². The van der Waals surface area contributed by atoms with Gasteiger partial charge in [0, 0.05) is 56.6 Å². The molecule has 0 aliphatic carbocycles. The fourth-order valence-corrected chi connectivity index (χ4v) is 2.97. The molecule has 126 valence electrons. The molecule has 1 saturated heterocycles. The Morgan fingerprint density at radius 2 is 1.96 bits per heavy atom. The van der Waals surface area contributed by atoms with Crippen molar-refractivity contribution in [3.05, 3.63) is 53.2 Å². The molecule has 1 aliphatic heterocycles. The summed E-state index contributed by atoms with van der Waals surface area (Å²) >= 11 is 6.15. The molecule has 0 saturated carbocycles. The molecule has 2 heterocycles. The van der Waals surface area contributed by atoms with Crippen molar-refractivity contribution in [3.63, 3.8) is 0 Å². The predicted molar refractivity (Wildman–Crippen MR) is 96.3 cm³/mol. The van der Waals surface area contributed by atoms with Crippen LogP contribution < -0.4 is 10.6 Å². The number of nitrogens with zero attached hydrogens (tertiary/aromatic N) is 2. The number of aromatic nitrogens is 1. The third-order valence-corrected chi connectivity index (χ3v) is 4.41. The van der Waals surface area contributed by atoms with E-state index in [0.717, 1.165) is 44.0 Å². The lowest BCUT2D eigenvalue weighted by atomic mass is 10.1. The molecule has 0 bridgehead atoms. The van der Waals surface area contributed by atoms with Crippen molar-refractivity contribution in [1.29, 1.82) is 0 Å². The highest BCUT2D eigenvalue weighted by Crippen LogP contribution is 2.25. The first kappa shape index (κ1) is 16.9. The monoisotopic (exact) mass is 344 g/mol. The zero-order valence-corrected chi connectivity index (χ0v) is 14.2. The van der Waals surface area contributed by atoms with Gasteiger partial charge in [-0.15, -0.1) is 0 Å². The maximum Gasteiger partial charge on any atom is 0.251 e. The van der Waals surface area contributed by atoms with Crippen molar-refractivity contribution in [2.24, 2.45) is 0 Å². The number of piperazine rings is 1. The molecule has 1 fully saturated rings. The fraction of sp³-hybridized carbons (Fsp3) is 0.333. The summed E-state index contributed by atoms with van der Waals surface area (Å²) in [6, 6.07) is 11.0. The maximum atomic E-state index is 12.2. The van der Waals surface area contributed by atoms with E-state index in [2.05, 4.69) is 20.5 Å². The zero-order chi connectivity index (χ0) is 16.8. The molecule has 1 aromatic carbocycles. The number of rotatable bonds is 5. The molecule has 24 heavy (non-hydrogen) atoms. The van der Waals surface area contributed by atoms with E-state index < -0.39 is 0 Å². The quantitative estimate of drug-likeness (QED) is 0.871. The lowest BCUT2D eigenvalue weighted by molar-refractivity contribution is 0.0947. The lowest BCUT2D eigenvalue weighted by Crippen LogP contribution is -2.46. The van der Waals surface area contributed by atoms with E-state index in [0.29, 0.717) is 17.1 Å². The van der Waals surface area contributed by atoms with Gasteiger partial charge in [0.1, 0.15) is 0 Å². The molecule has 5 nitrogen and oxygen atoms in total. The first-order valence-electron chi connectivity index (χ1n) is 8.16. The van der Waals surface area contributed by atoms with Gasteiger partial charge >= 0.3 is 0 Å². The fourth-order valence-electron chi connectivity index (χ4n) is 2.74. The van der Waals surface area contributed by atoms with Crippen LogP contribution in [0.1, 0.15) is 10.4 Å². The SMILES string of the molecule is O=C(NCCN1CCNCC1)c1ccc(-c2ncccc2Cl)cc1. The van der Waals surface area contributed by atoms with Crippen molar-refractivity contribution in [3.8, 4) is 11.3 Å². The number of amides is 1. The average Bonchev–Trinajstić information content (AvgIpc) is 2.63. The molecule has 1 aliphatic rings. The molecule has 2 N–H and O–H groups in total. The Bertz CT molecular complexity index is 684. The van der Waals surface area contributed by atoms with Gasteiger partial charge in [-0.3, -0.25) is 14.7 Å². The highest BCUT2D eigenvalue weighted by Gasteiger charge is 2.11. The topological polar surface area (TPSA) is 57.3 Å². The van der Waals surface area contributed by atoms with E-state index in [9.17, 15) is 4.79 Å². The van der Waals surface area contributed by atoms with Crippen LogP contribution in [0.25, 0.3) is 11.3 Å². The summed E-state index contributed by atoms with van der Waals surface area (Å²) in [6.07, 6.45) is 1.71.